The Morgan fingerprint density at radius 2 is 0.700 bits per heavy atom. The molecule has 0 aromatic carbocycles. The Labute approximate surface area is 93.0 Å². The van der Waals surface area contributed by atoms with Crippen molar-refractivity contribution >= 4 is 54.0 Å². The predicted octanol–water partition coefficient (Wildman–Crippen LogP) is 2.84. The molecule has 0 saturated carbocycles. The molecule has 0 saturated heterocycles. The highest BCUT2D eigenvalue weighted by Crippen LogP contribution is 1.38. The van der Waals surface area contributed by atoms with E-state index in [0.29, 0.717) is 0 Å². The third kappa shape index (κ3) is 712. The quantitative estimate of drug-likeness (QED) is 0.551. The van der Waals surface area contributed by atoms with Crippen LogP contribution in [-0.4, -0.2) is 0 Å². The van der Waals surface area contributed by atoms with Gasteiger partial charge >= 0.3 is 0 Å². The van der Waals surface area contributed by atoms with Crippen LogP contribution in [0.15, 0.2) is 25.3 Å². The first-order valence-corrected chi connectivity index (χ1v) is 1.97. The molecule has 4 heteroatoms. The van der Waals surface area contributed by atoms with Crippen LogP contribution in [0.3, 0.4) is 0 Å². The fourth-order valence-corrected chi connectivity index (χ4v) is 0. The van der Waals surface area contributed by atoms with Gasteiger partial charge in [0, 0.05) is 0 Å². The fraction of sp³-hybridized carbons (Fsp3) is 0.333. The maximum absolute atomic E-state index is 3.36. The van der Waals surface area contributed by atoms with Gasteiger partial charge in [0.05, 0.1) is 0 Å². The normalized spacial score (nSPS) is 2.60. The van der Waals surface area contributed by atoms with E-state index >= 15 is 0 Å². The topological polar surface area (TPSA) is 0 Å². The van der Waals surface area contributed by atoms with Crippen LogP contribution in [0, 0.1) is 0 Å². The van der Waals surface area contributed by atoms with Gasteiger partial charge in [-0.1, -0.05) is 12.2 Å². The maximum atomic E-state index is 3.36. The van der Waals surface area contributed by atoms with Crippen molar-refractivity contribution in [2.75, 3.05) is 0 Å². The van der Waals surface area contributed by atoms with Gasteiger partial charge in [0.2, 0.25) is 0 Å². The molecule has 0 N–H and O–H groups in total. The lowest BCUT2D eigenvalue weighted by Gasteiger charge is -1.31. The molecule has 0 radical (unpaired) electrons. The second-order valence-corrected chi connectivity index (χ2v) is 0.816. The summed E-state index contributed by atoms with van der Waals surface area (Å²) in [6.07, 6.45) is 3.50. The fourth-order valence-electron chi connectivity index (χ4n) is 0. The van der Waals surface area contributed by atoms with E-state index in [2.05, 4.69) is 13.2 Å². The first-order valence-electron chi connectivity index (χ1n) is 1.97. The molecule has 0 amide bonds. The average molecular weight is 220 g/mol. The summed E-state index contributed by atoms with van der Waals surface area (Å²) in [6.45, 7) is 10.5. The van der Waals surface area contributed by atoms with Crippen molar-refractivity contribution in [2.45, 2.75) is 13.8 Å². The number of hydrogen-bond acceptors (Lipinski definition) is 0. The molecule has 0 aromatic heterocycles. The Hall–Kier alpha value is 0.880. The standard InChI is InChI=1S/2C3H6.4H2S/c2*1-3-2;;;;/h2*3H,1H2,2H3;4*1H2. The van der Waals surface area contributed by atoms with Gasteiger partial charge in [-0.3, -0.25) is 0 Å². The van der Waals surface area contributed by atoms with E-state index in [1.807, 2.05) is 13.8 Å². The van der Waals surface area contributed by atoms with Gasteiger partial charge in [-0.2, -0.15) is 54.0 Å². The Balaban J connectivity index is -0.00000000571. The summed E-state index contributed by atoms with van der Waals surface area (Å²) >= 11 is 0. The third-order valence-corrected chi connectivity index (χ3v) is 0. The van der Waals surface area contributed by atoms with Crippen molar-refractivity contribution in [1.82, 2.24) is 0 Å². The molecular weight excluding hydrogens is 200 g/mol. The monoisotopic (exact) mass is 220 g/mol. The zero-order valence-corrected chi connectivity index (χ0v) is 10.6. The van der Waals surface area contributed by atoms with Gasteiger partial charge in [0.1, 0.15) is 0 Å². The van der Waals surface area contributed by atoms with Crippen LogP contribution in [-0.2, 0) is 0 Å². The first kappa shape index (κ1) is 44.6. The number of rotatable bonds is 0. The van der Waals surface area contributed by atoms with Gasteiger partial charge in [0.25, 0.3) is 0 Å². The smallest absolute Gasteiger partial charge is 0.0473 e. The second kappa shape index (κ2) is 93.9. The Kier molecular flexibility index (Phi) is 419. The highest BCUT2D eigenvalue weighted by molar-refractivity contribution is 7.59. The Bertz CT molecular complexity index is 30.7. The molecule has 0 spiro atoms. The van der Waals surface area contributed by atoms with E-state index in [1.165, 1.54) is 0 Å². The second-order valence-electron chi connectivity index (χ2n) is 0.816. The lowest BCUT2D eigenvalue weighted by molar-refractivity contribution is 1.80. The molecule has 0 nitrogen and oxygen atoms in total. The van der Waals surface area contributed by atoms with Crippen molar-refractivity contribution in [1.29, 1.82) is 0 Å². The zero-order chi connectivity index (χ0) is 5.41. The van der Waals surface area contributed by atoms with Crippen LogP contribution < -0.4 is 0 Å². The van der Waals surface area contributed by atoms with Crippen LogP contribution >= 0.6 is 54.0 Å². The predicted molar refractivity (Wildman–Crippen MR) is 73.3 cm³/mol. The highest BCUT2D eigenvalue weighted by atomic mass is 32.1. The van der Waals surface area contributed by atoms with Crippen LogP contribution in [0.25, 0.3) is 0 Å². The molecule has 0 aromatic rings. The van der Waals surface area contributed by atoms with Crippen LogP contribution in [0.2, 0.25) is 0 Å². The molecular formula is C6H20S4. The molecule has 0 heterocycles. The van der Waals surface area contributed by atoms with E-state index in [-0.39, 0.29) is 54.0 Å². The van der Waals surface area contributed by atoms with E-state index in [9.17, 15) is 0 Å². The van der Waals surface area contributed by atoms with E-state index in [1.54, 1.807) is 12.2 Å². The first-order chi connectivity index (χ1) is 2.83. The van der Waals surface area contributed by atoms with E-state index in [4.69, 9.17) is 0 Å². The molecule has 10 heavy (non-hydrogen) atoms. The minimum Gasteiger partial charge on any atom is -0.197 e. The summed E-state index contributed by atoms with van der Waals surface area (Å²) in [4.78, 5) is 0. The molecule has 0 aliphatic rings. The van der Waals surface area contributed by atoms with E-state index in [0.717, 1.165) is 0 Å². The molecule has 68 valence electrons. The molecule has 0 aliphatic heterocycles. The average Bonchev–Trinajstić information content (AvgIpc) is 1.39. The maximum Gasteiger partial charge on any atom is -0.0473 e. The molecule has 0 unspecified atom stereocenters. The summed E-state index contributed by atoms with van der Waals surface area (Å²) in [5, 5.41) is 0. The van der Waals surface area contributed by atoms with Gasteiger partial charge in [-0.25, -0.2) is 0 Å². The van der Waals surface area contributed by atoms with Crippen molar-refractivity contribution < 1.29 is 0 Å². The van der Waals surface area contributed by atoms with Crippen molar-refractivity contribution in [2.24, 2.45) is 0 Å². The molecule has 0 aliphatic carbocycles. The molecule has 0 atom stereocenters. The molecule has 0 rings (SSSR count). The van der Waals surface area contributed by atoms with E-state index < -0.39 is 0 Å². The van der Waals surface area contributed by atoms with Gasteiger partial charge in [-0.05, 0) is 13.8 Å². The zero-order valence-electron chi connectivity index (χ0n) is 6.57. The molecule has 0 bridgehead atoms. The van der Waals surface area contributed by atoms with Gasteiger partial charge in [-0.15, -0.1) is 13.2 Å². The lowest BCUT2D eigenvalue weighted by Crippen LogP contribution is -1.07. The van der Waals surface area contributed by atoms with Crippen LogP contribution in [0.4, 0.5) is 0 Å². The largest absolute Gasteiger partial charge is 0.197 e. The number of hydrogen-bond donors (Lipinski definition) is 0. The van der Waals surface area contributed by atoms with Gasteiger partial charge in [0.15, 0.2) is 0 Å². The summed E-state index contributed by atoms with van der Waals surface area (Å²) in [7, 11) is 0. The van der Waals surface area contributed by atoms with Crippen molar-refractivity contribution in [3.63, 3.8) is 0 Å². The van der Waals surface area contributed by atoms with Gasteiger partial charge < -0.3 is 0 Å². The summed E-state index contributed by atoms with van der Waals surface area (Å²) < 4.78 is 0. The lowest BCUT2D eigenvalue weighted by atomic mass is 10.8. The molecule has 0 fully saturated rings. The SMILES string of the molecule is C=CC.C=CC.S.S.S.S. The summed E-state index contributed by atoms with van der Waals surface area (Å²) in [5.74, 6) is 0. The Morgan fingerprint density at radius 1 is 0.700 bits per heavy atom. The Morgan fingerprint density at radius 3 is 0.700 bits per heavy atom. The van der Waals surface area contributed by atoms with Crippen LogP contribution in [0.1, 0.15) is 13.8 Å². The van der Waals surface area contributed by atoms with Crippen molar-refractivity contribution in [3.05, 3.63) is 25.3 Å². The summed E-state index contributed by atoms with van der Waals surface area (Å²) in [5.41, 5.74) is 0. The third-order valence-electron chi connectivity index (χ3n) is 0. The number of allylic oxidation sites excluding steroid dienone is 2. The minimum atomic E-state index is 0. The highest BCUT2D eigenvalue weighted by Gasteiger charge is 1.15. The van der Waals surface area contributed by atoms with Crippen molar-refractivity contribution in [3.8, 4) is 0 Å². The minimum absolute atomic E-state index is 0. The summed E-state index contributed by atoms with van der Waals surface area (Å²) in [6, 6.07) is 0. The van der Waals surface area contributed by atoms with Crippen LogP contribution in [0.5, 0.6) is 0 Å².